The van der Waals surface area contributed by atoms with Crippen molar-refractivity contribution in [1.82, 2.24) is 19.6 Å². The van der Waals surface area contributed by atoms with Gasteiger partial charge in [0, 0.05) is 6.07 Å². The SMILES string of the molecule is CCCCCCOc1cc(Cl)nc2ncnn12. The molecule has 0 atom stereocenters. The van der Waals surface area contributed by atoms with E-state index in [0.717, 1.165) is 6.42 Å². The Morgan fingerprint density at radius 1 is 1.35 bits per heavy atom. The van der Waals surface area contributed by atoms with Crippen molar-refractivity contribution in [2.45, 2.75) is 32.6 Å². The van der Waals surface area contributed by atoms with Crippen LogP contribution in [0.15, 0.2) is 12.4 Å². The van der Waals surface area contributed by atoms with Crippen LogP contribution in [0.5, 0.6) is 5.88 Å². The Morgan fingerprint density at radius 3 is 3.06 bits per heavy atom. The van der Waals surface area contributed by atoms with Gasteiger partial charge in [-0.25, -0.2) is 0 Å². The molecule has 0 unspecified atom stereocenters. The lowest BCUT2D eigenvalue weighted by molar-refractivity contribution is 0.286. The van der Waals surface area contributed by atoms with E-state index in [2.05, 4.69) is 22.0 Å². The van der Waals surface area contributed by atoms with Crippen LogP contribution >= 0.6 is 11.6 Å². The second kappa shape index (κ2) is 5.82. The van der Waals surface area contributed by atoms with Gasteiger partial charge in [-0.2, -0.15) is 19.6 Å². The van der Waals surface area contributed by atoms with Gasteiger partial charge in [0.25, 0.3) is 5.78 Å². The Balaban J connectivity index is 2.00. The second-order valence-corrected chi connectivity index (χ2v) is 4.19. The number of hydrogen-bond acceptors (Lipinski definition) is 4. The molecule has 2 heterocycles. The van der Waals surface area contributed by atoms with E-state index in [1.165, 1.54) is 25.6 Å². The molecule has 0 N–H and O–H groups in total. The average molecular weight is 255 g/mol. The van der Waals surface area contributed by atoms with Crippen LogP contribution in [0.1, 0.15) is 32.6 Å². The molecular formula is C11H15ClN4O. The van der Waals surface area contributed by atoms with Crippen molar-refractivity contribution < 1.29 is 4.74 Å². The monoisotopic (exact) mass is 254 g/mol. The first-order chi connectivity index (χ1) is 8.31. The van der Waals surface area contributed by atoms with Crippen LogP contribution < -0.4 is 4.74 Å². The van der Waals surface area contributed by atoms with Crippen LogP contribution in [0.25, 0.3) is 5.78 Å². The van der Waals surface area contributed by atoms with Gasteiger partial charge in [0.1, 0.15) is 11.5 Å². The van der Waals surface area contributed by atoms with E-state index in [1.54, 1.807) is 10.6 Å². The fourth-order valence-corrected chi connectivity index (χ4v) is 1.74. The number of hydrogen-bond donors (Lipinski definition) is 0. The Kier molecular flexibility index (Phi) is 4.14. The Hall–Kier alpha value is -1.36. The molecule has 0 amide bonds. The zero-order chi connectivity index (χ0) is 12.1. The van der Waals surface area contributed by atoms with Gasteiger partial charge in [-0.3, -0.25) is 0 Å². The number of halogens is 1. The third-order valence-corrected chi connectivity index (χ3v) is 2.63. The smallest absolute Gasteiger partial charge is 0.256 e. The Bertz CT molecular complexity index is 485. The summed E-state index contributed by atoms with van der Waals surface area (Å²) in [7, 11) is 0. The zero-order valence-corrected chi connectivity index (χ0v) is 10.5. The highest BCUT2D eigenvalue weighted by Gasteiger charge is 2.06. The Labute approximate surface area is 105 Å². The van der Waals surface area contributed by atoms with Crippen molar-refractivity contribution in [3.63, 3.8) is 0 Å². The van der Waals surface area contributed by atoms with Crippen molar-refractivity contribution in [1.29, 1.82) is 0 Å². The highest BCUT2D eigenvalue weighted by Crippen LogP contribution is 2.17. The molecule has 2 aromatic heterocycles. The maximum Gasteiger partial charge on any atom is 0.256 e. The molecule has 0 fully saturated rings. The molecule has 0 saturated heterocycles. The number of fused-ring (bicyclic) bond motifs is 1. The molecule has 0 bridgehead atoms. The predicted octanol–water partition coefficient (Wildman–Crippen LogP) is 2.74. The number of nitrogens with zero attached hydrogens (tertiary/aromatic N) is 4. The molecule has 17 heavy (non-hydrogen) atoms. The second-order valence-electron chi connectivity index (χ2n) is 3.80. The summed E-state index contributed by atoms with van der Waals surface area (Å²) in [6.45, 7) is 2.84. The van der Waals surface area contributed by atoms with Gasteiger partial charge in [-0.05, 0) is 6.42 Å². The van der Waals surface area contributed by atoms with Gasteiger partial charge < -0.3 is 4.74 Å². The molecule has 0 aliphatic carbocycles. The minimum Gasteiger partial charge on any atom is -0.477 e. The first kappa shape index (κ1) is 12.1. The van der Waals surface area contributed by atoms with E-state index in [-0.39, 0.29) is 0 Å². The molecule has 6 heteroatoms. The van der Waals surface area contributed by atoms with Crippen LogP contribution in [0.3, 0.4) is 0 Å². The van der Waals surface area contributed by atoms with E-state index >= 15 is 0 Å². The third-order valence-electron chi connectivity index (χ3n) is 2.44. The molecule has 2 rings (SSSR count). The summed E-state index contributed by atoms with van der Waals surface area (Å²) in [5.74, 6) is 1.05. The van der Waals surface area contributed by atoms with Gasteiger partial charge in [0.2, 0.25) is 5.88 Å². The summed E-state index contributed by atoms with van der Waals surface area (Å²) in [6, 6.07) is 1.66. The van der Waals surface area contributed by atoms with Crippen molar-refractivity contribution in [3.8, 4) is 5.88 Å². The minimum absolute atomic E-state index is 0.369. The van der Waals surface area contributed by atoms with E-state index < -0.39 is 0 Å². The standard InChI is InChI=1S/C11H15ClN4O/c1-2-3-4-5-6-17-10-7-9(12)15-11-13-8-14-16(10)11/h7-8H,2-6H2,1H3. The molecule has 5 nitrogen and oxygen atoms in total. The largest absolute Gasteiger partial charge is 0.477 e. The molecule has 92 valence electrons. The predicted molar refractivity (Wildman–Crippen MR) is 65.4 cm³/mol. The van der Waals surface area contributed by atoms with Crippen molar-refractivity contribution in [2.75, 3.05) is 6.61 Å². The molecule has 2 aromatic rings. The molecule has 0 radical (unpaired) electrons. The number of aromatic nitrogens is 4. The lowest BCUT2D eigenvalue weighted by Gasteiger charge is -2.07. The third kappa shape index (κ3) is 3.06. The summed E-state index contributed by atoms with van der Waals surface area (Å²) in [6.07, 6.45) is 6.09. The van der Waals surface area contributed by atoms with Crippen LogP contribution in [-0.2, 0) is 0 Å². The summed E-state index contributed by atoms with van der Waals surface area (Å²) in [5.41, 5.74) is 0. The summed E-state index contributed by atoms with van der Waals surface area (Å²) >= 11 is 5.87. The normalized spacial score (nSPS) is 10.9. The van der Waals surface area contributed by atoms with Crippen molar-refractivity contribution >= 4 is 17.4 Å². The zero-order valence-electron chi connectivity index (χ0n) is 9.77. The fourth-order valence-electron chi connectivity index (χ4n) is 1.57. The van der Waals surface area contributed by atoms with E-state index in [9.17, 15) is 0 Å². The highest BCUT2D eigenvalue weighted by molar-refractivity contribution is 6.29. The topological polar surface area (TPSA) is 52.3 Å². The van der Waals surface area contributed by atoms with Crippen LogP contribution in [0, 0.1) is 0 Å². The molecule has 0 saturated carbocycles. The molecule has 0 spiro atoms. The lowest BCUT2D eigenvalue weighted by Crippen LogP contribution is -2.04. The van der Waals surface area contributed by atoms with Gasteiger partial charge in [-0.15, -0.1) is 0 Å². The van der Waals surface area contributed by atoms with Gasteiger partial charge in [0.15, 0.2) is 0 Å². The summed E-state index contributed by atoms with van der Waals surface area (Å²) in [5, 5.41) is 4.40. The van der Waals surface area contributed by atoms with Gasteiger partial charge in [-0.1, -0.05) is 37.8 Å². The first-order valence-corrected chi connectivity index (χ1v) is 6.18. The summed E-state index contributed by atoms with van der Waals surface area (Å²) < 4.78 is 7.19. The summed E-state index contributed by atoms with van der Waals surface area (Å²) in [4.78, 5) is 8.00. The number of rotatable bonds is 6. The van der Waals surface area contributed by atoms with Crippen LogP contribution in [-0.4, -0.2) is 26.2 Å². The molecule has 0 aromatic carbocycles. The fraction of sp³-hybridized carbons (Fsp3) is 0.545. The van der Waals surface area contributed by atoms with Crippen LogP contribution in [0.2, 0.25) is 5.15 Å². The molecular weight excluding hydrogens is 240 g/mol. The quantitative estimate of drug-likeness (QED) is 0.588. The van der Waals surface area contributed by atoms with E-state index in [4.69, 9.17) is 16.3 Å². The maximum absolute atomic E-state index is 5.87. The lowest BCUT2D eigenvalue weighted by atomic mass is 10.2. The van der Waals surface area contributed by atoms with Crippen LogP contribution in [0.4, 0.5) is 0 Å². The van der Waals surface area contributed by atoms with Gasteiger partial charge >= 0.3 is 0 Å². The number of ether oxygens (including phenoxy) is 1. The Morgan fingerprint density at radius 2 is 2.24 bits per heavy atom. The van der Waals surface area contributed by atoms with Crippen molar-refractivity contribution in [3.05, 3.63) is 17.5 Å². The number of unbranched alkanes of at least 4 members (excludes halogenated alkanes) is 3. The maximum atomic E-state index is 5.87. The van der Waals surface area contributed by atoms with E-state index in [1.807, 2.05) is 0 Å². The first-order valence-electron chi connectivity index (χ1n) is 5.80. The minimum atomic E-state index is 0.369. The van der Waals surface area contributed by atoms with Crippen molar-refractivity contribution in [2.24, 2.45) is 0 Å². The average Bonchev–Trinajstić information content (AvgIpc) is 2.76. The van der Waals surface area contributed by atoms with E-state index in [0.29, 0.717) is 23.4 Å². The molecule has 0 aliphatic rings. The molecule has 0 aliphatic heterocycles. The van der Waals surface area contributed by atoms with Gasteiger partial charge in [0.05, 0.1) is 6.61 Å². The highest BCUT2D eigenvalue weighted by atomic mass is 35.5.